The summed E-state index contributed by atoms with van der Waals surface area (Å²) in [4.78, 5) is -1.36. The average Bonchev–Trinajstić information content (AvgIpc) is 2.60. The molecule has 0 unspecified atom stereocenters. The number of halogens is 13. The van der Waals surface area contributed by atoms with Crippen LogP contribution in [0.4, 0.5) is 62.8 Å². The lowest BCUT2D eigenvalue weighted by Gasteiger charge is -2.38. The van der Waals surface area contributed by atoms with E-state index in [4.69, 9.17) is 0 Å². The average molecular weight is 504 g/mol. The van der Waals surface area contributed by atoms with Crippen molar-refractivity contribution in [1.29, 1.82) is 0 Å². The Morgan fingerprint density at radius 1 is 0.677 bits per heavy atom. The molecular formula is C12H5F13N2O3S. The van der Waals surface area contributed by atoms with Crippen LogP contribution in [0.1, 0.15) is 0 Å². The van der Waals surface area contributed by atoms with Crippen molar-refractivity contribution in [2.75, 3.05) is 0 Å². The molecule has 0 spiro atoms. The molecule has 178 valence electrons. The molecule has 0 aliphatic rings. The number of rotatable bonds is 7. The first-order chi connectivity index (χ1) is 13.5. The van der Waals surface area contributed by atoms with Crippen LogP contribution in [0, 0.1) is 5.21 Å². The third kappa shape index (κ3) is 3.86. The molecule has 0 aliphatic carbocycles. The smallest absolute Gasteiger partial charge is 0.460 e. The summed E-state index contributed by atoms with van der Waals surface area (Å²) in [6.45, 7) is 0. The number of nitrogens with zero attached hydrogens (tertiary/aromatic N) is 2. The fourth-order valence-electron chi connectivity index (χ4n) is 1.67. The Kier molecular flexibility index (Phi) is 6.34. The summed E-state index contributed by atoms with van der Waals surface area (Å²) in [6, 6.07) is 4.26. The minimum atomic E-state index is -8.33. The fourth-order valence-corrected chi connectivity index (χ4v) is 2.51. The number of hydrogen-bond acceptors (Lipinski definition) is 3. The van der Waals surface area contributed by atoms with Crippen molar-refractivity contribution in [2.45, 2.75) is 35.1 Å². The highest BCUT2D eigenvalue weighted by atomic mass is 32.2. The third-order valence-electron chi connectivity index (χ3n) is 3.39. The third-order valence-corrected chi connectivity index (χ3v) is 4.65. The van der Waals surface area contributed by atoms with E-state index < -0.39 is 55.7 Å². The molecule has 0 saturated heterocycles. The van der Waals surface area contributed by atoms with Crippen molar-refractivity contribution in [3.05, 3.63) is 35.5 Å². The van der Waals surface area contributed by atoms with Gasteiger partial charge in [-0.3, -0.25) is 0 Å². The van der Waals surface area contributed by atoms with E-state index in [9.17, 15) is 70.7 Å². The summed E-state index contributed by atoms with van der Waals surface area (Å²) in [7, 11) is -7.57. The van der Waals surface area contributed by atoms with Gasteiger partial charge in [0.15, 0.2) is 0 Å². The van der Waals surface area contributed by atoms with E-state index in [0.717, 1.165) is 18.2 Å². The van der Waals surface area contributed by atoms with Crippen molar-refractivity contribution in [2.24, 2.45) is 4.52 Å². The van der Waals surface area contributed by atoms with Gasteiger partial charge < -0.3 is 5.21 Å². The Morgan fingerprint density at radius 2 is 1.06 bits per heavy atom. The van der Waals surface area contributed by atoms with E-state index >= 15 is 0 Å². The molecular weight excluding hydrogens is 499 g/mol. The molecule has 0 aromatic heterocycles. The lowest BCUT2D eigenvalue weighted by molar-refractivity contribution is -0.437. The second-order valence-electron chi connectivity index (χ2n) is 5.48. The van der Waals surface area contributed by atoms with Gasteiger partial charge in [0.05, 0.1) is 0 Å². The zero-order valence-corrected chi connectivity index (χ0v) is 14.6. The standard InChI is InChI=1S/C12H5F13N2O3S/c13-7(14,9(17,18)11(21,22)23)8(15,16)10(19,20)12(24,25)31(29,30)26-27(28)6-4-2-1-3-5-6/h1-5H/b27-26+. The van der Waals surface area contributed by atoms with Crippen molar-refractivity contribution >= 4 is 15.7 Å². The molecule has 0 radical (unpaired) electrons. The number of para-hydroxylation sites is 1. The maximum atomic E-state index is 13.6. The van der Waals surface area contributed by atoms with Gasteiger partial charge in [0.2, 0.25) is 5.69 Å². The second kappa shape index (κ2) is 7.37. The molecule has 0 heterocycles. The van der Waals surface area contributed by atoms with Gasteiger partial charge in [-0.25, -0.2) is 0 Å². The first kappa shape index (κ1) is 26.7. The number of sulfonamides is 1. The Bertz CT molecular complexity index is 942. The molecule has 0 saturated carbocycles. The van der Waals surface area contributed by atoms with Gasteiger partial charge in [-0.2, -0.15) is 65.5 Å². The van der Waals surface area contributed by atoms with Crippen LogP contribution >= 0.6 is 0 Å². The Balaban J connectivity index is 3.62. The highest BCUT2D eigenvalue weighted by molar-refractivity contribution is 7.91. The molecule has 0 amide bonds. The minimum absolute atomic E-state index is 0.620. The van der Waals surface area contributed by atoms with Gasteiger partial charge in [-0.15, -0.1) is 0 Å². The highest BCUT2D eigenvalue weighted by Gasteiger charge is 2.92. The molecule has 0 bridgehead atoms. The van der Waals surface area contributed by atoms with Crippen LogP contribution in [-0.2, 0) is 10.0 Å². The summed E-state index contributed by atoms with van der Waals surface area (Å²) < 4.78 is 192. The van der Waals surface area contributed by atoms with E-state index in [-0.39, 0.29) is 0 Å². The van der Waals surface area contributed by atoms with Gasteiger partial charge >= 0.3 is 45.1 Å². The quantitative estimate of drug-likeness (QED) is 0.219. The Labute approximate surface area is 162 Å². The zero-order chi connectivity index (χ0) is 24.9. The number of hydrogen-bond donors (Lipinski definition) is 0. The molecule has 0 aliphatic heterocycles. The highest BCUT2D eigenvalue weighted by Crippen LogP contribution is 2.61. The molecule has 0 fully saturated rings. The SMILES string of the molecule is O=S(=O)(/N=[N+](/[O-])c1ccccc1)C(F)(F)C(F)(F)C(F)(F)C(F)(F)C(F)(F)C(F)(F)F. The first-order valence-electron chi connectivity index (χ1n) is 6.94. The molecule has 1 aromatic rings. The summed E-state index contributed by atoms with van der Waals surface area (Å²) in [6.07, 6.45) is -7.65. The van der Waals surface area contributed by atoms with E-state index in [1.165, 1.54) is 4.52 Å². The van der Waals surface area contributed by atoms with Crippen molar-refractivity contribution in [3.63, 3.8) is 0 Å². The molecule has 0 N–H and O–H groups in total. The number of alkyl halides is 13. The molecule has 5 nitrogen and oxygen atoms in total. The fraction of sp³-hybridized carbons (Fsp3) is 0.500. The maximum absolute atomic E-state index is 13.6. The van der Waals surface area contributed by atoms with Gasteiger partial charge in [-0.1, -0.05) is 18.2 Å². The molecule has 19 heteroatoms. The predicted molar refractivity (Wildman–Crippen MR) is 71.9 cm³/mol. The summed E-state index contributed by atoms with van der Waals surface area (Å²) in [5.74, 6) is -32.8. The largest absolute Gasteiger partial charge is 0.593 e. The topological polar surface area (TPSA) is 72.6 Å². The number of benzene rings is 1. The van der Waals surface area contributed by atoms with E-state index in [1.807, 2.05) is 0 Å². The van der Waals surface area contributed by atoms with Crippen LogP contribution in [-0.4, -0.2) is 48.4 Å². The van der Waals surface area contributed by atoms with Gasteiger partial charge in [0.1, 0.15) is 4.52 Å². The minimum Gasteiger partial charge on any atom is -0.593 e. The maximum Gasteiger partial charge on any atom is 0.460 e. The Morgan fingerprint density at radius 3 is 1.45 bits per heavy atom. The van der Waals surface area contributed by atoms with E-state index in [1.54, 1.807) is 0 Å². The summed E-state index contributed by atoms with van der Waals surface area (Å²) in [5, 5.41) is 3.80. The van der Waals surface area contributed by atoms with E-state index in [0.29, 0.717) is 12.1 Å². The van der Waals surface area contributed by atoms with Gasteiger partial charge in [0, 0.05) is 12.1 Å². The zero-order valence-electron chi connectivity index (χ0n) is 13.8. The second-order valence-corrected chi connectivity index (χ2v) is 7.10. The van der Waals surface area contributed by atoms with Gasteiger partial charge in [0.25, 0.3) is 0 Å². The van der Waals surface area contributed by atoms with E-state index in [2.05, 4.69) is 0 Å². The van der Waals surface area contributed by atoms with Crippen LogP contribution in [0.2, 0.25) is 0 Å². The monoisotopic (exact) mass is 504 g/mol. The van der Waals surface area contributed by atoms with Crippen LogP contribution in [0.25, 0.3) is 0 Å². The molecule has 1 aromatic carbocycles. The lowest BCUT2D eigenvalue weighted by atomic mass is 9.98. The van der Waals surface area contributed by atoms with Gasteiger partial charge in [-0.05, 0) is 4.86 Å². The van der Waals surface area contributed by atoms with Crippen LogP contribution in [0.3, 0.4) is 0 Å². The first-order valence-corrected chi connectivity index (χ1v) is 8.38. The Hall–Kier alpha value is -2.34. The molecule has 1 rings (SSSR count). The summed E-state index contributed by atoms with van der Waals surface area (Å²) >= 11 is 0. The normalized spacial score (nSPS) is 15.8. The van der Waals surface area contributed by atoms with Crippen molar-refractivity contribution in [3.8, 4) is 0 Å². The van der Waals surface area contributed by atoms with Crippen LogP contribution in [0.15, 0.2) is 34.9 Å². The lowest BCUT2D eigenvalue weighted by Crippen LogP contribution is -2.71. The van der Waals surface area contributed by atoms with Crippen LogP contribution < -0.4 is 0 Å². The van der Waals surface area contributed by atoms with Crippen molar-refractivity contribution in [1.82, 2.24) is 0 Å². The van der Waals surface area contributed by atoms with Crippen LogP contribution in [0.5, 0.6) is 0 Å². The predicted octanol–water partition coefficient (Wildman–Crippen LogP) is 5.31. The summed E-state index contributed by atoms with van der Waals surface area (Å²) in [5.41, 5.74) is -0.995. The molecule has 0 atom stereocenters. The molecule has 31 heavy (non-hydrogen) atoms. The van der Waals surface area contributed by atoms with Crippen molar-refractivity contribution < 1.29 is 70.4 Å².